The number of anilines is 3. The van der Waals surface area contributed by atoms with Gasteiger partial charge in [0.05, 0.1) is 16.8 Å². The third kappa shape index (κ3) is 5.41. The predicted octanol–water partition coefficient (Wildman–Crippen LogP) is 4.67. The highest BCUT2D eigenvalue weighted by Crippen LogP contribution is 2.31. The summed E-state index contributed by atoms with van der Waals surface area (Å²) >= 11 is 3.45. The second-order valence-corrected chi connectivity index (χ2v) is 7.60. The lowest BCUT2D eigenvalue weighted by Crippen LogP contribution is -2.12. The van der Waals surface area contributed by atoms with Crippen molar-refractivity contribution in [3.05, 3.63) is 70.8 Å². The fourth-order valence-electron chi connectivity index (χ4n) is 2.75. The van der Waals surface area contributed by atoms with Crippen LogP contribution in [-0.2, 0) is 4.79 Å². The van der Waals surface area contributed by atoms with Crippen LogP contribution in [-0.4, -0.2) is 36.4 Å². The monoisotopic (exact) mass is 449 g/mol. The maximum Gasteiger partial charge on any atom is 0.248 e. The second kappa shape index (κ2) is 9.32. The molecule has 0 atom stereocenters. The lowest BCUT2D eigenvalue weighted by Gasteiger charge is -2.13. The fraction of sp³-hybridized carbons (Fsp3) is 0.136. The van der Waals surface area contributed by atoms with Crippen molar-refractivity contribution in [2.24, 2.45) is 0 Å². The van der Waals surface area contributed by atoms with Crippen LogP contribution in [0.15, 0.2) is 65.3 Å². The molecule has 0 unspecified atom stereocenters. The van der Waals surface area contributed by atoms with Gasteiger partial charge in [-0.25, -0.2) is 0 Å². The molecule has 0 fully saturated rings. The van der Waals surface area contributed by atoms with Gasteiger partial charge in [-0.1, -0.05) is 28.1 Å². The van der Waals surface area contributed by atoms with Crippen LogP contribution < -0.4 is 10.6 Å². The minimum atomic E-state index is -0.211. The highest BCUT2D eigenvalue weighted by molar-refractivity contribution is 9.10. The summed E-state index contributed by atoms with van der Waals surface area (Å²) in [4.78, 5) is 18.5. The van der Waals surface area contributed by atoms with E-state index in [-0.39, 0.29) is 5.91 Å². The first-order valence-electron chi connectivity index (χ1n) is 8.94. The number of fused-ring (bicyclic) bond motifs is 1. The van der Waals surface area contributed by atoms with E-state index in [1.807, 2.05) is 55.4 Å². The molecule has 146 valence electrons. The molecule has 29 heavy (non-hydrogen) atoms. The second-order valence-electron chi connectivity index (χ2n) is 6.68. The maximum atomic E-state index is 12.2. The van der Waals surface area contributed by atoms with Crippen LogP contribution in [0.25, 0.3) is 10.9 Å². The average molecular weight is 450 g/mol. The molecule has 1 heterocycles. The first kappa shape index (κ1) is 20.5. The summed E-state index contributed by atoms with van der Waals surface area (Å²) in [6.45, 7) is 0.682. The van der Waals surface area contributed by atoms with Crippen LogP contribution in [0.5, 0.6) is 0 Å². The Balaban J connectivity index is 1.95. The van der Waals surface area contributed by atoms with Crippen molar-refractivity contribution in [2.75, 3.05) is 31.3 Å². The van der Waals surface area contributed by atoms with Gasteiger partial charge in [0.25, 0.3) is 0 Å². The number of amides is 1. The van der Waals surface area contributed by atoms with Crippen molar-refractivity contribution in [2.45, 2.75) is 0 Å². The van der Waals surface area contributed by atoms with Gasteiger partial charge in [0, 0.05) is 40.1 Å². The van der Waals surface area contributed by atoms with Crippen LogP contribution in [0.3, 0.4) is 0 Å². The molecule has 1 amide bonds. The molecule has 7 heteroatoms. The number of carbonyl (C=O) groups excluding carboxylic acids is 1. The summed E-state index contributed by atoms with van der Waals surface area (Å²) in [5, 5.41) is 16.5. The van der Waals surface area contributed by atoms with Crippen LogP contribution in [0.2, 0.25) is 0 Å². The molecule has 0 radical (unpaired) electrons. The zero-order chi connectivity index (χ0) is 20.8. The Morgan fingerprint density at radius 1 is 1.24 bits per heavy atom. The van der Waals surface area contributed by atoms with Gasteiger partial charge in [-0.2, -0.15) is 5.26 Å². The van der Waals surface area contributed by atoms with E-state index in [2.05, 4.69) is 37.6 Å². The highest BCUT2D eigenvalue weighted by Gasteiger charge is 2.11. The Labute approximate surface area is 178 Å². The molecule has 0 bridgehead atoms. The van der Waals surface area contributed by atoms with Crippen molar-refractivity contribution < 1.29 is 4.79 Å². The van der Waals surface area contributed by atoms with Crippen LogP contribution >= 0.6 is 15.9 Å². The summed E-state index contributed by atoms with van der Waals surface area (Å²) in [6.07, 6.45) is 4.85. The molecule has 0 spiro atoms. The Bertz CT molecular complexity index is 1120. The van der Waals surface area contributed by atoms with E-state index in [4.69, 9.17) is 0 Å². The van der Waals surface area contributed by atoms with Crippen molar-refractivity contribution >= 4 is 49.8 Å². The molecule has 0 aliphatic rings. The smallest absolute Gasteiger partial charge is 0.248 e. The van der Waals surface area contributed by atoms with Crippen LogP contribution in [0.1, 0.15) is 5.56 Å². The van der Waals surface area contributed by atoms with Crippen LogP contribution in [0, 0.1) is 11.3 Å². The number of benzene rings is 2. The lowest BCUT2D eigenvalue weighted by molar-refractivity contribution is -0.111. The summed E-state index contributed by atoms with van der Waals surface area (Å²) < 4.78 is 0.928. The average Bonchev–Trinajstić information content (AvgIpc) is 2.68. The molecule has 6 nitrogen and oxygen atoms in total. The third-order valence-electron chi connectivity index (χ3n) is 4.09. The summed E-state index contributed by atoms with van der Waals surface area (Å²) in [5.41, 5.74) is 3.26. The topological polar surface area (TPSA) is 81.1 Å². The number of nitriles is 1. The van der Waals surface area contributed by atoms with E-state index in [1.165, 1.54) is 6.08 Å². The van der Waals surface area contributed by atoms with Gasteiger partial charge < -0.3 is 15.5 Å². The molecule has 2 N–H and O–H groups in total. The van der Waals surface area contributed by atoms with Crippen molar-refractivity contribution in [1.82, 2.24) is 9.88 Å². The standard InChI is InChI=1S/C22H20BrN5O/c1-28(2)10-4-7-21(29)26-18-8-9-20-19(12-18)22(15(13-24)14-25-20)27-17-6-3-5-16(23)11-17/h3-9,11-12,14H,10H2,1-2H3,(H,25,27)(H,26,29). The molecule has 2 aromatic carbocycles. The highest BCUT2D eigenvalue weighted by atomic mass is 79.9. The van der Waals surface area contributed by atoms with E-state index in [0.29, 0.717) is 23.5 Å². The molecule has 3 aromatic rings. The van der Waals surface area contributed by atoms with Crippen molar-refractivity contribution in [3.8, 4) is 6.07 Å². The summed E-state index contributed by atoms with van der Waals surface area (Å²) in [5.74, 6) is -0.211. The number of carbonyl (C=O) groups is 1. The molecule has 3 rings (SSSR count). The number of pyridine rings is 1. The number of hydrogen-bond acceptors (Lipinski definition) is 5. The molecule has 0 aliphatic carbocycles. The quantitative estimate of drug-likeness (QED) is 0.534. The van der Waals surface area contributed by atoms with Crippen molar-refractivity contribution in [3.63, 3.8) is 0 Å². The summed E-state index contributed by atoms with van der Waals surface area (Å²) in [6, 6.07) is 15.3. The lowest BCUT2D eigenvalue weighted by atomic mass is 10.1. The maximum absolute atomic E-state index is 12.2. The van der Waals surface area contributed by atoms with E-state index in [0.717, 1.165) is 21.1 Å². The number of hydrogen-bond donors (Lipinski definition) is 2. The van der Waals surface area contributed by atoms with Crippen molar-refractivity contribution in [1.29, 1.82) is 5.26 Å². The van der Waals surface area contributed by atoms with Gasteiger partial charge >= 0.3 is 0 Å². The predicted molar refractivity (Wildman–Crippen MR) is 120 cm³/mol. The molecular formula is C22H20BrN5O. The fourth-order valence-corrected chi connectivity index (χ4v) is 3.15. The van der Waals surface area contributed by atoms with Gasteiger partial charge in [0.1, 0.15) is 6.07 Å². The van der Waals surface area contributed by atoms with Gasteiger partial charge in [0.2, 0.25) is 5.91 Å². The van der Waals surface area contributed by atoms with Gasteiger partial charge in [0.15, 0.2) is 0 Å². The van der Waals surface area contributed by atoms with E-state index in [9.17, 15) is 10.1 Å². The zero-order valence-electron chi connectivity index (χ0n) is 16.1. The number of rotatable bonds is 6. The Hall–Kier alpha value is -3.21. The molecule has 0 aliphatic heterocycles. The number of nitrogens with zero attached hydrogens (tertiary/aromatic N) is 3. The summed E-state index contributed by atoms with van der Waals surface area (Å²) in [7, 11) is 3.87. The minimum Gasteiger partial charge on any atom is -0.354 e. The largest absolute Gasteiger partial charge is 0.354 e. The molecular weight excluding hydrogens is 430 g/mol. The molecule has 1 aromatic heterocycles. The molecule has 0 saturated carbocycles. The number of aromatic nitrogens is 1. The zero-order valence-corrected chi connectivity index (χ0v) is 17.7. The first-order valence-corrected chi connectivity index (χ1v) is 9.73. The first-order chi connectivity index (χ1) is 14.0. The Morgan fingerprint density at radius 2 is 2.07 bits per heavy atom. The van der Waals surface area contributed by atoms with Gasteiger partial charge in [-0.15, -0.1) is 0 Å². The Morgan fingerprint density at radius 3 is 2.79 bits per heavy atom. The SMILES string of the molecule is CN(C)CC=CC(=O)Nc1ccc2ncc(C#N)c(Nc3cccc(Br)c3)c2c1. The van der Waals surface area contributed by atoms with E-state index >= 15 is 0 Å². The van der Waals surface area contributed by atoms with Gasteiger partial charge in [-0.05, 0) is 50.5 Å². The van der Waals surface area contributed by atoms with Crippen LogP contribution in [0.4, 0.5) is 17.1 Å². The normalized spacial score (nSPS) is 11.0. The van der Waals surface area contributed by atoms with Gasteiger partial charge in [-0.3, -0.25) is 9.78 Å². The van der Waals surface area contributed by atoms with E-state index in [1.54, 1.807) is 18.3 Å². The minimum absolute atomic E-state index is 0.211. The number of nitrogens with one attached hydrogen (secondary N) is 2. The number of halogens is 1. The van der Waals surface area contributed by atoms with E-state index < -0.39 is 0 Å². The molecule has 0 saturated heterocycles. The number of likely N-dealkylation sites (N-methyl/N-ethyl adjacent to an activating group) is 1. The third-order valence-corrected chi connectivity index (χ3v) is 4.58. The Kier molecular flexibility index (Phi) is 6.60.